The molecule has 0 aromatic heterocycles. The summed E-state index contributed by atoms with van der Waals surface area (Å²) in [5.41, 5.74) is 0. The van der Waals surface area contributed by atoms with E-state index in [4.69, 9.17) is 0 Å². The Morgan fingerprint density at radius 3 is 2.70 bits per heavy atom. The van der Waals surface area contributed by atoms with Crippen molar-refractivity contribution in [2.24, 2.45) is 5.92 Å². The fourth-order valence-electron chi connectivity index (χ4n) is 1.44. The van der Waals surface area contributed by atoms with Gasteiger partial charge in [-0.25, -0.2) is 0 Å². The molecular weight excluding hydrogens is 126 g/mol. The Hall–Kier alpha value is -0.370. The zero-order valence-electron chi connectivity index (χ0n) is 6.68. The van der Waals surface area contributed by atoms with Crippen LogP contribution in [0.1, 0.15) is 26.7 Å². The third-order valence-electron chi connectivity index (χ3n) is 2.29. The van der Waals surface area contributed by atoms with Gasteiger partial charge in [-0.15, -0.1) is 0 Å². The van der Waals surface area contributed by atoms with Crippen LogP contribution in [-0.4, -0.2) is 18.4 Å². The maximum absolute atomic E-state index is 10.9. The van der Waals surface area contributed by atoms with Crippen LogP contribution < -0.4 is 5.32 Å². The Labute approximate surface area is 62.0 Å². The van der Waals surface area contributed by atoms with E-state index in [1.807, 2.05) is 0 Å². The van der Waals surface area contributed by atoms with Crippen LogP contribution in [0.5, 0.6) is 0 Å². The van der Waals surface area contributed by atoms with Crippen molar-refractivity contribution in [2.75, 3.05) is 6.54 Å². The molecule has 58 valence electrons. The molecule has 1 aliphatic rings. The number of carbonyl (C=O) groups is 1. The van der Waals surface area contributed by atoms with Gasteiger partial charge in [0.05, 0.1) is 0 Å². The van der Waals surface area contributed by atoms with Crippen LogP contribution in [0.2, 0.25) is 0 Å². The standard InChI is InChI=1S/C8H15NO/c1-3-8-4-7(5-9-8)6(2)10/h7-9H,3-5H2,1-2H3. The van der Waals surface area contributed by atoms with Gasteiger partial charge in [0.2, 0.25) is 0 Å². The lowest BCUT2D eigenvalue weighted by Crippen LogP contribution is -2.20. The van der Waals surface area contributed by atoms with E-state index in [1.165, 1.54) is 0 Å². The summed E-state index contributed by atoms with van der Waals surface area (Å²) in [6.45, 7) is 4.73. The van der Waals surface area contributed by atoms with Gasteiger partial charge in [0.15, 0.2) is 0 Å². The molecule has 0 aliphatic carbocycles. The summed E-state index contributed by atoms with van der Waals surface area (Å²) in [4.78, 5) is 10.9. The highest BCUT2D eigenvalue weighted by molar-refractivity contribution is 5.78. The van der Waals surface area contributed by atoms with Crippen LogP contribution in [0.3, 0.4) is 0 Å². The molecule has 1 aliphatic heterocycles. The van der Waals surface area contributed by atoms with Crippen LogP contribution in [-0.2, 0) is 4.79 Å². The first-order valence-corrected chi connectivity index (χ1v) is 3.98. The minimum absolute atomic E-state index is 0.296. The molecule has 2 heteroatoms. The molecule has 1 heterocycles. The predicted octanol–water partition coefficient (Wildman–Crippen LogP) is 0.964. The van der Waals surface area contributed by atoms with Crippen molar-refractivity contribution in [1.29, 1.82) is 0 Å². The Bertz CT molecular complexity index is 133. The summed E-state index contributed by atoms with van der Waals surface area (Å²) in [7, 11) is 0. The molecule has 0 bridgehead atoms. The highest BCUT2D eigenvalue weighted by Crippen LogP contribution is 2.16. The highest BCUT2D eigenvalue weighted by atomic mass is 16.1. The lowest BCUT2D eigenvalue weighted by Gasteiger charge is -2.03. The van der Waals surface area contributed by atoms with Gasteiger partial charge in [-0.05, 0) is 19.8 Å². The number of hydrogen-bond acceptors (Lipinski definition) is 2. The SMILES string of the molecule is CCC1CC(C(C)=O)CN1. The molecular formula is C8H15NO. The molecule has 2 atom stereocenters. The molecule has 1 saturated heterocycles. The summed E-state index contributed by atoms with van der Waals surface area (Å²) in [5.74, 6) is 0.633. The number of rotatable bonds is 2. The molecule has 0 aromatic carbocycles. The minimum atomic E-state index is 0.296. The van der Waals surface area contributed by atoms with Crippen molar-refractivity contribution in [3.8, 4) is 0 Å². The molecule has 2 unspecified atom stereocenters. The smallest absolute Gasteiger partial charge is 0.134 e. The lowest BCUT2D eigenvalue weighted by atomic mass is 10.0. The van der Waals surface area contributed by atoms with Crippen molar-refractivity contribution < 1.29 is 4.79 Å². The van der Waals surface area contributed by atoms with Gasteiger partial charge < -0.3 is 5.32 Å². The topological polar surface area (TPSA) is 29.1 Å². The fourth-order valence-corrected chi connectivity index (χ4v) is 1.44. The Balaban J connectivity index is 2.35. The van der Waals surface area contributed by atoms with Gasteiger partial charge >= 0.3 is 0 Å². The second-order valence-electron chi connectivity index (χ2n) is 3.06. The third kappa shape index (κ3) is 1.57. The molecule has 0 spiro atoms. The van der Waals surface area contributed by atoms with E-state index in [2.05, 4.69) is 12.2 Å². The van der Waals surface area contributed by atoms with Crippen LogP contribution >= 0.6 is 0 Å². The molecule has 2 nitrogen and oxygen atoms in total. The van der Waals surface area contributed by atoms with Gasteiger partial charge in [0, 0.05) is 18.5 Å². The van der Waals surface area contributed by atoms with Crippen molar-refractivity contribution in [3.63, 3.8) is 0 Å². The van der Waals surface area contributed by atoms with Crippen LogP contribution in [0.15, 0.2) is 0 Å². The van der Waals surface area contributed by atoms with Gasteiger partial charge in [-0.3, -0.25) is 4.79 Å². The molecule has 0 aromatic rings. The zero-order chi connectivity index (χ0) is 7.56. The molecule has 0 radical (unpaired) electrons. The molecule has 1 rings (SSSR count). The van der Waals surface area contributed by atoms with E-state index in [9.17, 15) is 4.79 Å². The van der Waals surface area contributed by atoms with Crippen molar-refractivity contribution >= 4 is 5.78 Å². The van der Waals surface area contributed by atoms with E-state index in [-0.39, 0.29) is 0 Å². The molecule has 1 N–H and O–H groups in total. The van der Waals surface area contributed by atoms with Crippen molar-refractivity contribution in [1.82, 2.24) is 5.32 Å². The zero-order valence-corrected chi connectivity index (χ0v) is 6.68. The number of carbonyl (C=O) groups excluding carboxylic acids is 1. The highest BCUT2D eigenvalue weighted by Gasteiger charge is 2.25. The molecule has 1 fully saturated rings. The average molecular weight is 141 g/mol. The first-order valence-electron chi connectivity index (χ1n) is 3.98. The number of hydrogen-bond donors (Lipinski definition) is 1. The first-order chi connectivity index (χ1) is 4.74. The van der Waals surface area contributed by atoms with Crippen LogP contribution in [0.4, 0.5) is 0 Å². The van der Waals surface area contributed by atoms with Crippen LogP contribution in [0.25, 0.3) is 0 Å². The van der Waals surface area contributed by atoms with Gasteiger partial charge in [-0.2, -0.15) is 0 Å². The number of ketones is 1. The fraction of sp³-hybridized carbons (Fsp3) is 0.875. The maximum Gasteiger partial charge on any atom is 0.134 e. The normalized spacial score (nSPS) is 32.6. The maximum atomic E-state index is 10.9. The Morgan fingerprint density at radius 1 is 1.70 bits per heavy atom. The summed E-state index contributed by atoms with van der Waals surface area (Å²) < 4.78 is 0. The quantitative estimate of drug-likeness (QED) is 0.620. The van der Waals surface area contributed by atoms with Crippen molar-refractivity contribution in [2.45, 2.75) is 32.7 Å². The van der Waals surface area contributed by atoms with E-state index in [0.29, 0.717) is 17.7 Å². The third-order valence-corrected chi connectivity index (χ3v) is 2.29. The Morgan fingerprint density at radius 2 is 2.40 bits per heavy atom. The lowest BCUT2D eigenvalue weighted by molar-refractivity contribution is -0.120. The molecule has 0 amide bonds. The largest absolute Gasteiger partial charge is 0.313 e. The Kier molecular flexibility index (Phi) is 2.44. The van der Waals surface area contributed by atoms with Crippen LogP contribution in [0, 0.1) is 5.92 Å². The van der Waals surface area contributed by atoms with Gasteiger partial charge in [0.25, 0.3) is 0 Å². The molecule has 0 saturated carbocycles. The minimum Gasteiger partial charge on any atom is -0.313 e. The van der Waals surface area contributed by atoms with Gasteiger partial charge in [-0.1, -0.05) is 6.92 Å². The number of Topliss-reactive ketones (excluding diaryl/α,β-unsaturated/α-hetero) is 1. The second-order valence-corrected chi connectivity index (χ2v) is 3.06. The summed E-state index contributed by atoms with van der Waals surface area (Å²) in [6.07, 6.45) is 2.19. The van der Waals surface area contributed by atoms with E-state index >= 15 is 0 Å². The van der Waals surface area contributed by atoms with Gasteiger partial charge in [0.1, 0.15) is 5.78 Å². The predicted molar refractivity (Wildman–Crippen MR) is 40.9 cm³/mol. The molecule has 10 heavy (non-hydrogen) atoms. The number of nitrogens with one attached hydrogen (secondary N) is 1. The second kappa shape index (κ2) is 3.15. The van der Waals surface area contributed by atoms with Crippen molar-refractivity contribution in [3.05, 3.63) is 0 Å². The summed E-state index contributed by atoms with van der Waals surface area (Å²) >= 11 is 0. The average Bonchev–Trinajstić information content (AvgIpc) is 2.34. The summed E-state index contributed by atoms with van der Waals surface area (Å²) in [6, 6.07) is 0.592. The first kappa shape index (κ1) is 7.73. The van der Waals surface area contributed by atoms with E-state index in [1.54, 1.807) is 6.92 Å². The van der Waals surface area contributed by atoms with E-state index in [0.717, 1.165) is 19.4 Å². The van der Waals surface area contributed by atoms with E-state index < -0.39 is 0 Å². The monoisotopic (exact) mass is 141 g/mol. The summed E-state index contributed by atoms with van der Waals surface area (Å²) in [5, 5.41) is 3.32.